The number of nitrogens with one attached hydrogen (secondary N) is 1. The Morgan fingerprint density at radius 3 is 2.49 bits per heavy atom. The van der Waals surface area contributed by atoms with E-state index in [2.05, 4.69) is 10.5 Å². The highest BCUT2D eigenvalue weighted by atomic mass is 32.2. The highest BCUT2D eigenvalue weighted by Gasteiger charge is 2.22. The minimum absolute atomic E-state index is 0.0523. The molecule has 0 saturated heterocycles. The van der Waals surface area contributed by atoms with E-state index in [4.69, 9.17) is 4.18 Å². The first-order valence-electron chi connectivity index (χ1n) is 10.4. The first kappa shape index (κ1) is 23.6. The van der Waals surface area contributed by atoms with Gasteiger partial charge in [0.15, 0.2) is 5.75 Å². The molecule has 4 rings (SSSR count). The molecule has 35 heavy (non-hydrogen) atoms. The van der Waals surface area contributed by atoms with E-state index in [9.17, 15) is 23.3 Å². The highest BCUT2D eigenvalue weighted by Crippen LogP contribution is 2.30. The van der Waals surface area contributed by atoms with Gasteiger partial charge in [0.1, 0.15) is 4.90 Å². The maximum atomic E-state index is 12.9. The molecule has 0 heterocycles. The third kappa shape index (κ3) is 5.33. The van der Waals surface area contributed by atoms with Gasteiger partial charge in [-0.05, 0) is 42.0 Å². The van der Waals surface area contributed by atoms with E-state index in [0.29, 0.717) is 16.5 Å². The van der Waals surface area contributed by atoms with Crippen LogP contribution in [0.1, 0.15) is 21.5 Å². The number of carbonyl (C=O) groups excluding carboxylic acids is 1. The van der Waals surface area contributed by atoms with Gasteiger partial charge in [-0.2, -0.15) is 13.5 Å². The molecule has 4 aromatic carbocycles. The summed E-state index contributed by atoms with van der Waals surface area (Å²) in [6.07, 6.45) is 1.30. The zero-order chi connectivity index (χ0) is 25.0. The van der Waals surface area contributed by atoms with Crippen LogP contribution in [0.4, 0.5) is 5.69 Å². The van der Waals surface area contributed by atoms with Gasteiger partial charge in [0.05, 0.1) is 11.1 Å². The number of hydrogen-bond donors (Lipinski definition) is 1. The van der Waals surface area contributed by atoms with Crippen molar-refractivity contribution in [2.75, 3.05) is 0 Å². The van der Waals surface area contributed by atoms with E-state index >= 15 is 0 Å². The number of nitro benzene ring substituents is 1. The van der Waals surface area contributed by atoms with Crippen LogP contribution >= 0.6 is 0 Å². The number of non-ortho nitro benzene ring substituents is 1. The number of hydrazone groups is 1. The van der Waals surface area contributed by atoms with Crippen molar-refractivity contribution in [3.63, 3.8) is 0 Å². The molecule has 0 saturated carbocycles. The number of nitro groups is 1. The number of fused-ring (bicyclic) bond motifs is 1. The second kappa shape index (κ2) is 9.74. The number of aryl methyl sites for hydroxylation is 1. The third-order valence-electron chi connectivity index (χ3n) is 5.12. The van der Waals surface area contributed by atoms with E-state index in [0.717, 1.165) is 17.0 Å². The van der Waals surface area contributed by atoms with Crippen molar-refractivity contribution >= 4 is 38.7 Å². The van der Waals surface area contributed by atoms with Crippen LogP contribution < -0.4 is 9.61 Å². The molecule has 0 aliphatic carbocycles. The first-order valence-corrected chi connectivity index (χ1v) is 11.8. The van der Waals surface area contributed by atoms with Crippen molar-refractivity contribution in [2.24, 2.45) is 5.10 Å². The SMILES string of the molecule is Cc1ccc(C(=O)N/N=C\c2c(OS(=O)(=O)c3cccc([N+](=O)[O-])c3)ccc3ccccc23)cc1. The van der Waals surface area contributed by atoms with Crippen LogP contribution in [0.25, 0.3) is 10.8 Å². The van der Waals surface area contributed by atoms with Crippen molar-refractivity contribution in [2.45, 2.75) is 11.8 Å². The monoisotopic (exact) mass is 489 g/mol. The summed E-state index contributed by atoms with van der Waals surface area (Å²) >= 11 is 0. The molecule has 0 atom stereocenters. The molecular weight excluding hydrogens is 470 g/mol. The van der Waals surface area contributed by atoms with Gasteiger partial charge in [0.2, 0.25) is 0 Å². The minimum atomic E-state index is -4.40. The molecule has 10 heteroatoms. The van der Waals surface area contributed by atoms with Crippen LogP contribution in [0.2, 0.25) is 0 Å². The van der Waals surface area contributed by atoms with E-state index < -0.39 is 20.9 Å². The van der Waals surface area contributed by atoms with Gasteiger partial charge in [0.25, 0.3) is 11.6 Å². The van der Waals surface area contributed by atoms with Crippen LogP contribution in [0.15, 0.2) is 94.9 Å². The summed E-state index contributed by atoms with van der Waals surface area (Å²) in [6, 6.07) is 21.8. The number of rotatable bonds is 7. The van der Waals surface area contributed by atoms with Gasteiger partial charge in [-0.15, -0.1) is 0 Å². The molecule has 176 valence electrons. The maximum Gasteiger partial charge on any atom is 0.339 e. The predicted molar refractivity (Wildman–Crippen MR) is 131 cm³/mol. The summed E-state index contributed by atoms with van der Waals surface area (Å²) in [6.45, 7) is 1.91. The standard InChI is InChI=1S/C25H19N3O6S/c1-17-9-11-19(12-10-17)25(29)27-26-16-23-22-8-3-2-5-18(22)13-14-24(23)34-35(32,33)21-7-4-6-20(15-21)28(30)31/h2-16H,1H3,(H,27,29)/b26-16-. The molecule has 0 spiro atoms. The second-order valence-electron chi connectivity index (χ2n) is 7.56. The lowest BCUT2D eigenvalue weighted by Crippen LogP contribution is -2.17. The summed E-state index contributed by atoms with van der Waals surface area (Å²) < 4.78 is 31.2. The van der Waals surface area contributed by atoms with Crippen molar-refractivity contribution in [3.8, 4) is 5.75 Å². The summed E-state index contributed by atoms with van der Waals surface area (Å²) in [5.74, 6) is -0.489. The van der Waals surface area contributed by atoms with Crippen LogP contribution in [0, 0.1) is 17.0 Å². The Kier molecular flexibility index (Phi) is 6.56. The maximum absolute atomic E-state index is 12.9. The molecule has 0 aliphatic heterocycles. The van der Waals surface area contributed by atoms with Crippen LogP contribution in [0.3, 0.4) is 0 Å². The van der Waals surface area contributed by atoms with Crippen LogP contribution in [-0.4, -0.2) is 25.5 Å². The smallest absolute Gasteiger partial charge is 0.339 e. The lowest BCUT2D eigenvalue weighted by molar-refractivity contribution is -0.385. The van der Waals surface area contributed by atoms with Crippen molar-refractivity contribution in [3.05, 3.63) is 112 Å². The fourth-order valence-electron chi connectivity index (χ4n) is 3.33. The quantitative estimate of drug-likeness (QED) is 0.175. The number of nitrogens with zero attached hydrogens (tertiary/aromatic N) is 2. The zero-order valence-electron chi connectivity index (χ0n) is 18.4. The van der Waals surface area contributed by atoms with Crippen LogP contribution in [0.5, 0.6) is 5.75 Å². The number of amides is 1. The minimum Gasteiger partial charge on any atom is -0.378 e. The number of hydrogen-bond acceptors (Lipinski definition) is 7. The Bertz CT molecular complexity index is 1560. The number of benzene rings is 4. The van der Waals surface area contributed by atoms with Gasteiger partial charge in [-0.25, -0.2) is 5.43 Å². The Hall–Kier alpha value is -4.57. The zero-order valence-corrected chi connectivity index (χ0v) is 19.2. The highest BCUT2D eigenvalue weighted by molar-refractivity contribution is 7.87. The fraction of sp³-hybridized carbons (Fsp3) is 0.0400. The van der Waals surface area contributed by atoms with E-state index in [1.165, 1.54) is 30.5 Å². The summed E-state index contributed by atoms with van der Waals surface area (Å²) in [7, 11) is -4.40. The normalized spacial score (nSPS) is 11.5. The molecule has 0 aliphatic rings. The van der Waals surface area contributed by atoms with E-state index in [-0.39, 0.29) is 16.3 Å². The molecule has 0 unspecified atom stereocenters. The predicted octanol–water partition coefficient (Wildman–Crippen LogP) is 4.59. The average molecular weight is 490 g/mol. The van der Waals surface area contributed by atoms with Gasteiger partial charge < -0.3 is 4.18 Å². The topological polar surface area (TPSA) is 128 Å². The lowest BCUT2D eigenvalue weighted by atomic mass is 10.0. The third-order valence-corrected chi connectivity index (χ3v) is 6.35. The summed E-state index contributed by atoms with van der Waals surface area (Å²) in [5.41, 5.74) is 3.77. The largest absolute Gasteiger partial charge is 0.378 e. The fourth-order valence-corrected chi connectivity index (χ4v) is 4.31. The molecule has 0 fully saturated rings. The molecule has 1 N–H and O–H groups in total. The molecule has 0 bridgehead atoms. The van der Waals surface area contributed by atoms with Crippen molar-refractivity contribution in [1.82, 2.24) is 5.43 Å². The van der Waals surface area contributed by atoms with Gasteiger partial charge in [-0.1, -0.05) is 54.1 Å². The van der Waals surface area contributed by atoms with Gasteiger partial charge >= 0.3 is 10.1 Å². The molecule has 1 amide bonds. The van der Waals surface area contributed by atoms with Crippen molar-refractivity contribution < 1.29 is 22.3 Å². The van der Waals surface area contributed by atoms with Crippen LogP contribution in [-0.2, 0) is 10.1 Å². The van der Waals surface area contributed by atoms with Crippen molar-refractivity contribution in [1.29, 1.82) is 0 Å². The molecule has 9 nitrogen and oxygen atoms in total. The molecular formula is C25H19N3O6S. The molecule has 0 radical (unpaired) electrons. The summed E-state index contributed by atoms with van der Waals surface area (Å²) in [5, 5.41) is 16.5. The molecule has 0 aromatic heterocycles. The summed E-state index contributed by atoms with van der Waals surface area (Å²) in [4.78, 5) is 22.4. The van der Waals surface area contributed by atoms with Gasteiger partial charge in [-0.3, -0.25) is 14.9 Å². The molecule has 4 aromatic rings. The Morgan fingerprint density at radius 1 is 1.00 bits per heavy atom. The second-order valence-corrected chi connectivity index (χ2v) is 9.10. The Labute approximate surface area is 200 Å². The van der Waals surface area contributed by atoms with Gasteiger partial charge in [0, 0.05) is 23.3 Å². The lowest BCUT2D eigenvalue weighted by Gasteiger charge is -2.12. The first-order chi connectivity index (χ1) is 16.7. The van der Waals surface area contributed by atoms with E-state index in [1.54, 1.807) is 42.5 Å². The Morgan fingerprint density at radius 2 is 1.74 bits per heavy atom. The number of carbonyl (C=O) groups is 1. The average Bonchev–Trinajstić information content (AvgIpc) is 2.85. The van der Waals surface area contributed by atoms with E-state index in [1.807, 2.05) is 19.1 Å². The Balaban J connectivity index is 1.68.